The summed E-state index contributed by atoms with van der Waals surface area (Å²) in [6.07, 6.45) is -0.786. The fourth-order valence-electron chi connectivity index (χ4n) is 3.85. The quantitative estimate of drug-likeness (QED) is 0.200. The highest BCUT2D eigenvalue weighted by molar-refractivity contribution is 5.83. The van der Waals surface area contributed by atoms with Crippen molar-refractivity contribution in [3.8, 4) is 23.4 Å². The van der Waals surface area contributed by atoms with Crippen molar-refractivity contribution in [2.45, 2.75) is 47.7 Å². The smallest absolute Gasteiger partial charge is 0.416 e. The lowest BCUT2D eigenvalue weighted by Crippen LogP contribution is -2.08. The second kappa shape index (κ2) is 13.1. The number of fused-ring (bicyclic) bond motifs is 1. The summed E-state index contributed by atoms with van der Waals surface area (Å²) in [6, 6.07) is 7.19. The van der Waals surface area contributed by atoms with E-state index in [9.17, 15) is 22.8 Å². The number of rotatable bonds is 5. The van der Waals surface area contributed by atoms with E-state index < -0.39 is 35.0 Å². The molecule has 0 unspecified atom stereocenters. The van der Waals surface area contributed by atoms with Crippen molar-refractivity contribution >= 4 is 22.4 Å². The molecule has 220 valence electrons. The van der Waals surface area contributed by atoms with E-state index in [4.69, 9.17) is 4.74 Å². The molecule has 0 amide bonds. The first kappa shape index (κ1) is 31.5. The second-order valence-corrected chi connectivity index (χ2v) is 8.34. The highest BCUT2D eigenvalue weighted by Gasteiger charge is 2.31. The molecular formula is C29H28F5N7O. The standard InChI is InChI=1S/C25H16F5N7O.2C2H6/c1-12-3-17-21(27)20(7-19(26)22(17)35-12)38-24-18(8-31)23(32-10-33-24)36-15-4-14(25(28,29)30)5-16(6-15)37-9-13(2)34-11-37;2*1-2/h3-7,9-11,35H,1-2H3,(H,32,33,36);2*1-2H3. The maximum absolute atomic E-state index is 15.0. The molecule has 0 radical (unpaired) electrons. The molecule has 0 fully saturated rings. The number of H-pyrrole nitrogens is 1. The number of imidazole rings is 1. The van der Waals surface area contributed by atoms with Gasteiger partial charge < -0.3 is 19.6 Å². The van der Waals surface area contributed by atoms with Gasteiger partial charge >= 0.3 is 6.18 Å². The number of benzene rings is 2. The first-order valence-electron chi connectivity index (χ1n) is 12.9. The highest BCUT2D eigenvalue weighted by Crippen LogP contribution is 2.36. The number of hydrogen-bond donors (Lipinski definition) is 2. The number of ether oxygens (including phenoxy) is 1. The van der Waals surface area contributed by atoms with Crippen molar-refractivity contribution in [3.63, 3.8) is 0 Å². The molecule has 5 aromatic rings. The molecule has 3 heterocycles. The first-order valence-corrected chi connectivity index (χ1v) is 12.9. The van der Waals surface area contributed by atoms with E-state index in [2.05, 4.69) is 25.3 Å². The van der Waals surface area contributed by atoms with Crippen LogP contribution in [0.1, 0.15) is 50.2 Å². The Bertz CT molecular complexity index is 1740. The highest BCUT2D eigenvalue weighted by atomic mass is 19.4. The number of anilines is 2. The van der Waals surface area contributed by atoms with Crippen LogP contribution in [0.5, 0.6) is 11.6 Å². The van der Waals surface area contributed by atoms with Crippen molar-refractivity contribution in [1.82, 2.24) is 24.5 Å². The van der Waals surface area contributed by atoms with Crippen molar-refractivity contribution in [2.75, 3.05) is 5.32 Å². The minimum absolute atomic E-state index is 0.0497. The summed E-state index contributed by atoms with van der Waals surface area (Å²) in [4.78, 5) is 14.5. The van der Waals surface area contributed by atoms with Gasteiger partial charge in [-0.25, -0.2) is 23.7 Å². The minimum atomic E-state index is -4.67. The van der Waals surface area contributed by atoms with Gasteiger partial charge in [0.1, 0.15) is 12.4 Å². The normalized spacial score (nSPS) is 10.7. The minimum Gasteiger partial charge on any atom is -0.434 e. The lowest BCUT2D eigenvalue weighted by atomic mass is 10.1. The Labute approximate surface area is 238 Å². The van der Waals surface area contributed by atoms with Gasteiger partial charge in [-0.1, -0.05) is 27.7 Å². The van der Waals surface area contributed by atoms with Crippen LogP contribution in [0, 0.1) is 36.8 Å². The molecule has 2 N–H and O–H groups in total. The van der Waals surface area contributed by atoms with Gasteiger partial charge in [0, 0.05) is 34.7 Å². The summed E-state index contributed by atoms with van der Waals surface area (Å²) >= 11 is 0. The molecule has 0 aliphatic carbocycles. The van der Waals surface area contributed by atoms with Crippen LogP contribution in [0.25, 0.3) is 16.6 Å². The van der Waals surface area contributed by atoms with E-state index in [1.807, 2.05) is 27.7 Å². The summed E-state index contributed by atoms with van der Waals surface area (Å²) in [5, 5.41) is 12.4. The Hall–Kier alpha value is -4.99. The van der Waals surface area contributed by atoms with Gasteiger partial charge in [-0.2, -0.15) is 18.4 Å². The lowest BCUT2D eigenvalue weighted by Gasteiger charge is -2.15. The predicted molar refractivity (Wildman–Crippen MR) is 149 cm³/mol. The topological polar surface area (TPSA) is 104 Å². The Balaban J connectivity index is 0.00000116. The Morgan fingerprint density at radius 2 is 1.69 bits per heavy atom. The number of halogens is 5. The summed E-state index contributed by atoms with van der Waals surface area (Å²) in [5.74, 6) is -2.84. The second-order valence-electron chi connectivity index (χ2n) is 8.34. The van der Waals surface area contributed by atoms with Crippen molar-refractivity contribution in [2.24, 2.45) is 0 Å². The molecule has 0 saturated carbocycles. The van der Waals surface area contributed by atoms with Crippen molar-refractivity contribution in [3.05, 3.63) is 83.3 Å². The fourth-order valence-corrected chi connectivity index (χ4v) is 3.85. The van der Waals surface area contributed by atoms with Crippen LogP contribution >= 0.6 is 0 Å². The van der Waals surface area contributed by atoms with E-state index in [0.29, 0.717) is 11.4 Å². The SMILES string of the molecule is CC.CC.Cc1cn(-c2cc(Nc3ncnc(Oc4cc(F)c5[nH]c(C)cc5c4F)c3C#N)cc(C(F)(F)F)c2)cn1. The van der Waals surface area contributed by atoms with Gasteiger partial charge in [0.05, 0.1) is 23.1 Å². The average Bonchev–Trinajstić information content (AvgIpc) is 3.59. The molecule has 2 aromatic carbocycles. The molecular weight excluding hydrogens is 557 g/mol. The van der Waals surface area contributed by atoms with Crippen LogP contribution < -0.4 is 10.1 Å². The zero-order valence-corrected chi connectivity index (χ0v) is 23.7. The van der Waals surface area contributed by atoms with Crippen LogP contribution in [0.4, 0.5) is 33.5 Å². The van der Waals surface area contributed by atoms with E-state index in [0.717, 1.165) is 24.5 Å². The maximum atomic E-state index is 15.0. The lowest BCUT2D eigenvalue weighted by molar-refractivity contribution is -0.137. The molecule has 0 bridgehead atoms. The molecule has 42 heavy (non-hydrogen) atoms. The Morgan fingerprint density at radius 3 is 2.31 bits per heavy atom. The molecule has 0 aliphatic rings. The average molecular weight is 586 g/mol. The van der Waals surface area contributed by atoms with E-state index >= 15 is 4.39 Å². The third-order valence-corrected chi connectivity index (χ3v) is 5.55. The van der Waals surface area contributed by atoms with Gasteiger partial charge in [-0.3, -0.25) is 0 Å². The number of aromatic nitrogens is 5. The molecule has 0 aliphatic heterocycles. The molecule has 0 spiro atoms. The maximum Gasteiger partial charge on any atom is 0.416 e. The molecule has 13 heteroatoms. The number of alkyl halides is 3. The van der Waals surface area contributed by atoms with Gasteiger partial charge in [-0.05, 0) is 38.1 Å². The third kappa shape index (κ3) is 6.65. The third-order valence-electron chi connectivity index (χ3n) is 5.55. The summed E-state index contributed by atoms with van der Waals surface area (Å²) in [5.41, 5.74) is -0.129. The van der Waals surface area contributed by atoms with Crippen molar-refractivity contribution in [1.29, 1.82) is 5.26 Å². The van der Waals surface area contributed by atoms with Gasteiger partial charge in [0.2, 0.25) is 5.88 Å². The monoisotopic (exact) mass is 585 g/mol. The Morgan fingerprint density at radius 1 is 0.976 bits per heavy atom. The summed E-state index contributed by atoms with van der Waals surface area (Å²) in [6.45, 7) is 11.3. The fraction of sp³-hybridized carbons (Fsp3) is 0.241. The zero-order chi connectivity index (χ0) is 31.2. The van der Waals surface area contributed by atoms with E-state index in [-0.39, 0.29) is 33.7 Å². The molecule has 3 aromatic heterocycles. The number of nitriles is 1. The molecule has 8 nitrogen and oxygen atoms in total. The van der Waals surface area contributed by atoms with Crippen molar-refractivity contribution < 1.29 is 26.7 Å². The number of nitrogens with one attached hydrogen (secondary N) is 2. The van der Waals surface area contributed by atoms with Gasteiger partial charge in [-0.15, -0.1) is 0 Å². The van der Waals surface area contributed by atoms with Crippen LogP contribution in [0.2, 0.25) is 0 Å². The van der Waals surface area contributed by atoms with Gasteiger partial charge in [0.15, 0.2) is 28.8 Å². The molecule has 5 rings (SSSR count). The number of nitrogens with zero attached hydrogens (tertiary/aromatic N) is 5. The number of aromatic amines is 1. The molecule has 0 atom stereocenters. The largest absolute Gasteiger partial charge is 0.434 e. The summed E-state index contributed by atoms with van der Waals surface area (Å²) < 4.78 is 77.3. The van der Waals surface area contributed by atoms with Crippen LogP contribution in [0.15, 0.2) is 49.2 Å². The zero-order valence-electron chi connectivity index (χ0n) is 23.7. The van der Waals surface area contributed by atoms with E-state index in [1.54, 1.807) is 26.1 Å². The van der Waals surface area contributed by atoms with Crippen LogP contribution in [-0.2, 0) is 6.18 Å². The Kier molecular flexibility index (Phi) is 9.85. The first-order chi connectivity index (χ1) is 20.0. The van der Waals surface area contributed by atoms with Crippen LogP contribution in [0.3, 0.4) is 0 Å². The number of hydrogen-bond acceptors (Lipinski definition) is 6. The van der Waals surface area contributed by atoms with Gasteiger partial charge in [0.25, 0.3) is 0 Å². The van der Waals surface area contributed by atoms with E-state index in [1.165, 1.54) is 23.0 Å². The van der Waals surface area contributed by atoms with Crippen LogP contribution in [-0.4, -0.2) is 24.5 Å². The summed E-state index contributed by atoms with van der Waals surface area (Å²) in [7, 11) is 0. The predicted octanol–water partition coefficient (Wildman–Crippen LogP) is 8.52. The molecule has 0 saturated heterocycles. The number of aryl methyl sites for hydroxylation is 2.